The third-order valence-corrected chi connectivity index (χ3v) is 5.63. The Labute approximate surface area is 204 Å². The predicted molar refractivity (Wildman–Crippen MR) is 136 cm³/mol. The van der Waals surface area contributed by atoms with Crippen LogP contribution in [0.2, 0.25) is 0 Å². The van der Waals surface area contributed by atoms with Crippen molar-refractivity contribution in [2.24, 2.45) is 0 Å². The Morgan fingerprint density at radius 3 is 2.03 bits per heavy atom. The first-order chi connectivity index (χ1) is 15.2. The van der Waals surface area contributed by atoms with E-state index in [1.807, 2.05) is 59.7 Å². The molecule has 0 saturated heterocycles. The molecule has 3 amide bonds. The van der Waals surface area contributed by atoms with Crippen molar-refractivity contribution >= 4 is 30.5 Å². The van der Waals surface area contributed by atoms with Gasteiger partial charge in [0.25, 0.3) is 0 Å². The van der Waals surface area contributed by atoms with E-state index in [0.717, 1.165) is 16.7 Å². The lowest BCUT2D eigenvalue weighted by Crippen LogP contribution is -2.56. The zero-order chi connectivity index (χ0) is 25.5. The van der Waals surface area contributed by atoms with Gasteiger partial charge in [-0.25, -0.2) is 4.79 Å². The lowest BCUT2D eigenvalue weighted by atomic mass is 9.92. The van der Waals surface area contributed by atoms with Crippen LogP contribution in [-0.4, -0.2) is 52.3 Å². The maximum absolute atomic E-state index is 13.8. The Balaban J connectivity index is 3.53. The van der Waals surface area contributed by atoms with Gasteiger partial charge in [0.1, 0.15) is 17.7 Å². The van der Waals surface area contributed by atoms with Crippen molar-refractivity contribution in [1.29, 1.82) is 0 Å². The molecule has 0 aromatic heterocycles. The number of aryl methyl sites for hydroxylation is 2. The van der Waals surface area contributed by atoms with Crippen molar-refractivity contribution in [2.75, 3.05) is 5.75 Å². The number of alkyl carbamates (subject to hydrolysis) is 1. The topological polar surface area (TPSA) is 87.7 Å². The van der Waals surface area contributed by atoms with Crippen LogP contribution < -0.4 is 10.6 Å². The number of benzene rings is 1. The standard InChI is InChI=1S/C25H41N3O4S/c1-10-18(6)28(23(30)19(14-33)27-24(31)32-25(7,8)9)21(22(29)26-15(2)3)20-16(4)12-11-13-17(20)5/h11-13,15,18-19,21,33H,10,14H2,1-9H3,(H,26,29)(H,27,31). The molecule has 1 rings (SSSR count). The van der Waals surface area contributed by atoms with Gasteiger partial charge in [0.2, 0.25) is 11.8 Å². The Kier molecular flexibility index (Phi) is 10.7. The maximum atomic E-state index is 13.8. The molecule has 33 heavy (non-hydrogen) atoms. The third kappa shape index (κ3) is 8.25. The predicted octanol–water partition coefficient (Wildman–Crippen LogP) is 4.32. The highest BCUT2D eigenvalue weighted by molar-refractivity contribution is 7.80. The van der Waals surface area contributed by atoms with Crippen LogP contribution in [0.4, 0.5) is 4.79 Å². The summed E-state index contributed by atoms with van der Waals surface area (Å²) >= 11 is 4.32. The molecule has 7 nitrogen and oxygen atoms in total. The lowest BCUT2D eigenvalue weighted by Gasteiger charge is -2.39. The van der Waals surface area contributed by atoms with Gasteiger partial charge < -0.3 is 20.3 Å². The summed E-state index contributed by atoms with van der Waals surface area (Å²) in [5, 5.41) is 5.61. The summed E-state index contributed by atoms with van der Waals surface area (Å²) in [4.78, 5) is 41.3. The number of carbonyl (C=O) groups is 3. The summed E-state index contributed by atoms with van der Waals surface area (Å²) < 4.78 is 5.34. The van der Waals surface area contributed by atoms with E-state index in [2.05, 4.69) is 23.3 Å². The average Bonchev–Trinajstić information content (AvgIpc) is 2.68. The van der Waals surface area contributed by atoms with Crippen LogP contribution in [0.15, 0.2) is 18.2 Å². The molecule has 0 aliphatic heterocycles. The maximum Gasteiger partial charge on any atom is 0.408 e. The summed E-state index contributed by atoms with van der Waals surface area (Å²) in [6.07, 6.45) is -0.0670. The number of ether oxygens (including phenoxy) is 1. The van der Waals surface area contributed by atoms with Crippen molar-refractivity contribution in [3.8, 4) is 0 Å². The number of hydrogen-bond donors (Lipinski definition) is 3. The fourth-order valence-corrected chi connectivity index (χ4v) is 3.88. The molecule has 0 bridgehead atoms. The van der Waals surface area contributed by atoms with Crippen LogP contribution >= 0.6 is 12.6 Å². The van der Waals surface area contributed by atoms with Crippen LogP contribution in [0.3, 0.4) is 0 Å². The molecule has 0 saturated carbocycles. The van der Waals surface area contributed by atoms with E-state index in [0.29, 0.717) is 6.42 Å². The Hall–Kier alpha value is -2.22. The van der Waals surface area contributed by atoms with E-state index in [9.17, 15) is 14.4 Å². The van der Waals surface area contributed by atoms with E-state index in [4.69, 9.17) is 4.74 Å². The van der Waals surface area contributed by atoms with Crippen LogP contribution in [0, 0.1) is 13.8 Å². The largest absolute Gasteiger partial charge is 0.444 e. The zero-order valence-corrected chi connectivity index (χ0v) is 22.4. The molecule has 2 N–H and O–H groups in total. The number of rotatable bonds is 9. The van der Waals surface area contributed by atoms with E-state index in [-0.39, 0.29) is 29.7 Å². The molecule has 0 spiro atoms. The van der Waals surface area contributed by atoms with Gasteiger partial charge in [-0.3, -0.25) is 9.59 Å². The Bertz CT molecular complexity index is 815. The van der Waals surface area contributed by atoms with Gasteiger partial charge >= 0.3 is 6.09 Å². The van der Waals surface area contributed by atoms with Crippen molar-refractivity contribution in [3.63, 3.8) is 0 Å². The summed E-state index contributed by atoms with van der Waals surface area (Å²) in [5.74, 6) is -0.570. The van der Waals surface area contributed by atoms with Gasteiger partial charge in [-0.2, -0.15) is 12.6 Å². The molecule has 8 heteroatoms. The van der Waals surface area contributed by atoms with E-state index >= 15 is 0 Å². The quantitative estimate of drug-likeness (QED) is 0.460. The zero-order valence-electron chi connectivity index (χ0n) is 21.5. The molecule has 1 aromatic rings. The van der Waals surface area contributed by atoms with Gasteiger partial charge in [0.05, 0.1) is 0 Å². The van der Waals surface area contributed by atoms with Crippen molar-refractivity contribution in [1.82, 2.24) is 15.5 Å². The molecule has 0 aliphatic carbocycles. The molecule has 1 aromatic carbocycles. The second-order valence-electron chi connectivity index (χ2n) is 9.76. The summed E-state index contributed by atoms with van der Waals surface area (Å²) in [5.41, 5.74) is 1.92. The van der Waals surface area contributed by atoms with Gasteiger partial charge in [-0.05, 0) is 78.5 Å². The van der Waals surface area contributed by atoms with Gasteiger partial charge in [0, 0.05) is 17.8 Å². The normalized spacial score (nSPS) is 14.3. The molecule has 0 radical (unpaired) electrons. The number of nitrogens with zero attached hydrogens (tertiary/aromatic N) is 1. The first kappa shape index (κ1) is 28.8. The molecule has 3 atom stereocenters. The van der Waals surface area contributed by atoms with Crippen LogP contribution in [0.1, 0.15) is 77.6 Å². The minimum Gasteiger partial charge on any atom is -0.444 e. The minimum atomic E-state index is -0.948. The number of nitrogens with one attached hydrogen (secondary N) is 2. The van der Waals surface area contributed by atoms with Crippen molar-refractivity contribution in [3.05, 3.63) is 34.9 Å². The average molecular weight is 480 g/mol. The fraction of sp³-hybridized carbons (Fsp3) is 0.640. The molecule has 0 heterocycles. The van der Waals surface area contributed by atoms with Gasteiger partial charge in [-0.1, -0.05) is 25.1 Å². The number of hydrogen-bond acceptors (Lipinski definition) is 5. The second-order valence-corrected chi connectivity index (χ2v) is 10.1. The van der Waals surface area contributed by atoms with Gasteiger partial charge in [0.15, 0.2) is 0 Å². The number of carbonyl (C=O) groups excluding carboxylic acids is 3. The molecular weight excluding hydrogens is 438 g/mol. The number of thiol groups is 1. The van der Waals surface area contributed by atoms with E-state index in [1.165, 1.54) is 0 Å². The van der Waals surface area contributed by atoms with Crippen molar-refractivity contribution in [2.45, 2.75) is 98.5 Å². The van der Waals surface area contributed by atoms with E-state index in [1.54, 1.807) is 25.7 Å². The minimum absolute atomic E-state index is 0.0658. The monoisotopic (exact) mass is 479 g/mol. The van der Waals surface area contributed by atoms with Crippen LogP contribution in [-0.2, 0) is 14.3 Å². The van der Waals surface area contributed by atoms with Crippen molar-refractivity contribution < 1.29 is 19.1 Å². The fourth-order valence-electron chi connectivity index (χ4n) is 3.63. The molecule has 0 fully saturated rings. The second kappa shape index (κ2) is 12.3. The van der Waals surface area contributed by atoms with E-state index < -0.39 is 23.8 Å². The highest BCUT2D eigenvalue weighted by atomic mass is 32.1. The molecule has 186 valence electrons. The lowest BCUT2D eigenvalue weighted by molar-refractivity contribution is -0.144. The third-order valence-electron chi connectivity index (χ3n) is 5.26. The van der Waals surface area contributed by atoms with Crippen LogP contribution in [0.25, 0.3) is 0 Å². The smallest absolute Gasteiger partial charge is 0.408 e. The first-order valence-corrected chi connectivity index (χ1v) is 12.2. The SMILES string of the molecule is CCC(C)N(C(=O)C(CS)NC(=O)OC(C)(C)C)C(C(=O)NC(C)C)c1c(C)cccc1C. The highest BCUT2D eigenvalue weighted by Crippen LogP contribution is 2.31. The summed E-state index contributed by atoms with van der Waals surface area (Å²) in [6.45, 7) is 16.8. The number of amides is 3. The first-order valence-electron chi connectivity index (χ1n) is 11.5. The van der Waals surface area contributed by atoms with Gasteiger partial charge in [-0.15, -0.1) is 0 Å². The summed E-state index contributed by atoms with van der Waals surface area (Å²) in [6, 6.07) is 3.65. The molecule has 0 aliphatic rings. The molecular formula is C25H41N3O4S. The van der Waals surface area contributed by atoms with Crippen LogP contribution in [0.5, 0.6) is 0 Å². The Morgan fingerprint density at radius 2 is 1.61 bits per heavy atom. The Morgan fingerprint density at radius 1 is 1.06 bits per heavy atom. The highest BCUT2D eigenvalue weighted by Gasteiger charge is 2.39. The summed E-state index contributed by atoms with van der Waals surface area (Å²) in [7, 11) is 0. The molecule has 3 unspecified atom stereocenters.